The summed E-state index contributed by atoms with van der Waals surface area (Å²) in [7, 11) is 0. The SMILES string of the molecule is CC(C)=CCN1CCC(NC2CCCc3occc32)CC1. The third kappa shape index (κ3) is 3.78. The minimum Gasteiger partial charge on any atom is -0.469 e. The number of fused-ring (bicyclic) bond motifs is 1. The molecule has 1 unspecified atom stereocenters. The van der Waals surface area contributed by atoms with Crippen molar-refractivity contribution in [2.75, 3.05) is 19.6 Å². The summed E-state index contributed by atoms with van der Waals surface area (Å²) < 4.78 is 5.59. The van der Waals surface area contributed by atoms with E-state index in [1.54, 1.807) is 0 Å². The summed E-state index contributed by atoms with van der Waals surface area (Å²) in [5.74, 6) is 1.21. The molecular weight excluding hydrogens is 260 g/mol. The van der Waals surface area contributed by atoms with Gasteiger partial charge in [0.05, 0.1) is 6.26 Å². The molecule has 1 aromatic rings. The number of hydrogen-bond donors (Lipinski definition) is 1. The molecule has 21 heavy (non-hydrogen) atoms. The van der Waals surface area contributed by atoms with E-state index in [-0.39, 0.29) is 0 Å². The molecule has 0 amide bonds. The van der Waals surface area contributed by atoms with Crippen LogP contribution in [0.25, 0.3) is 0 Å². The molecule has 2 heterocycles. The fourth-order valence-corrected chi connectivity index (χ4v) is 3.54. The highest BCUT2D eigenvalue weighted by molar-refractivity contribution is 5.24. The van der Waals surface area contributed by atoms with Crippen molar-refractivity contribution in [3.8, 4) is 0 Å². The van der Waals surface area contributed by atoms with Crippen LogP contribution in [0.15, 0.2) is 28.4 Å². The first-order valence-corrected chi connectivity index (χ1v) is 8.40. The third-order valence-corrected chi connectivity index (χ3v) is 4.83. The van der Waals surface area contributed by atoms with Crippen molar-refractivity contribution in [3.05, 3.63) is 35.3 Å². The van der Waals surface area contributed by atoms with Gasteiger partial charge in [-0.25, -0.2) is 0 Å². The van der Waals surface area contributed by atoms with E-state index in [1.165, 1.54) is 55.7 Å². The highest BCUT2D eigenvalue weighted by Crippen LogP contribution is 2.31. The normalized spacial score (nSPS) is 23.8. The topological polar surface area (TPSA) is 28.4 Å². The van der Waals surface area contributed by atoms with Crippen LogP contribution in [0, 0.1) is 0 Å². The molecule has 2 aliphatic rings. The zero-order valence-electron chi connectivity index (χ0n) is 13.4. The standard InChI is InChI=1S/C18H28N2O/c1-14(2)6-10-20-11-7-15(8-12-20)19-17-4-3-5-18-16(17)9-13-21-18/h6,9,13,15,17,19H,3-5,7-8,10-12H2,1-2H3. The fourth-order valence-electron chi connectivity index (χ4n) is 3.54. The molecule has 3 heteroatoms. The number of nitrogens with zero attached hydrogens (tertiary/aromatic N) is 1. The van der Waals surface area contributed by atoms with Crippen LogP contribution in [0.1, 0.15) is 56.9 Å². The molecule has 3 rings (SSSR count). The number of hydrogen-bond acceptors (Lipinski definition) is 3. The van der Waals surface area contributed by atoms with E-state index >= 15 is 0 Å². The molecule has 1 fully saturated rings. The molecule has 0 saturated carbocycles. The maximum atomic E-state index is 5.59. The molecule has 116 valence electrons. The minimum absolute atomic E-state index is 0.516. The molecule has 0 aromatic carbocycles. The number of aryl methyl sites for hydroxylation is 1. The maximum Gasteiger partial charge on any atom is 0.108 e. The van der Waals surface area contributed by atoms with E-state index in [0.29, 0.717) is 12.1 Å². The summed E-state index contributed by atoms with van der Waals surface area (Å²) >= 11 is 0. The van der Waals surface area contributed by atoms with E-state index < -0.39 is 0 Å². The first-order valence-electron chi connectivity index (χ1n) is 8.40. The molecule has 1 N–H and O–H groups in total. The first kappa shape index (κ1) is 14.9. The van der Waals surface area contributed by atoms with Crippen molar-refractivity contribution in [1.29, 1.82) is 0 Å². The van der Waals surface area contributed by atoms with Gasteiger partial charge >= 0.3 is 0 Å². The minimum atomic E-state index is 0.516. The molecule has 1 aromatic heterocycles. The summed E-state index contributed by atoms with van der Waals surface area (Å²) in [5, 5.41) is 3.88. The van der Waals surface area contributed by atoms with Gasteiger partial charge in [-0.1, -0.05) is 11.6 Å². The molecular formula is C18H28N2O. The summed E-state index contributed by atoms with van der Waals surface area (Å²) in [6, 6.07) is 3.34. The number of likely N-dealkylation sites (tertiary alicyclic amines) is 1. The van der Waals surface area contributed by atoms with Gasteiger partial charge in [0.25, 0.3) is 0 Å². The largest absolute Gasteiger partial charge is 0.469 e. The molecule has 1 aliphatic carbocycles. The van der Waals surface area contributed by atoms with E-state index in [1.807, 2.05) is 6.26 Å². The summed E-state index contributed by atoms with van der Waals surface area (Å²) in [6.45, 7) is 7.91. The van der Waals surface area contributed by atoms with Gasteiger partial charge in [-0.2, -0.15) is 0 Å². The van der Waals surface area contributed by atoms with Gasteiger partial charge < -0.3 is 9.73 Å². The van der Waals surface area contributed by atoms with Crippen molar-refractivity contribution < 1.29 is 4.42 Å². The van der Waals surface area contributed by atoms with Crippen LogP contribution in [0.3, 0.4) is 0 Å². The predicted octanol–water partition coefficient (Wildman–Crippen LogP) is 3.68. The Morgan fingerprint density at radius 1 is 1.33 bits per heavy atom. The lowest BCUT2D eigenvalue weighted by molar-refractivity contribution is 0.202. The third-order valence-electron chi connectivity index (χ3n) is 4.83. The summed E-state index contributed by atoms with van der Waals surface area (Å²) in [6.07, 6.45) is 10.3. The smallest absolute Gasteiger partial charge is 0.108 e. The lowest BCUT2D eigenvalue weighted by atomic mass is 9.91. The van der Waals surface area contributed by atoms with Crippen LogP contribution in [0.5, 0.6) is 0 Å². The molecule has 0 bridgehead atoms. The molecule has 1 atom stereocenters. The zero-order chi connectivity index (χ0) is 14.7. The quantitative estimate of drug-likeness (QED) is 0.857. The second-order valence-corrected chi connectivity index (χ2v) is 6.77. The molecule has 1 aliphatic heterocycles. The lowest BCUT2D eigenvalue weighted by Gasteiger charge is -2.35. The summed E-state index contributed by atoms with van der Waals surface area (Å²) in [5.41, 5.74) is 2.83. The van der Waals surface area contributed by atoms with Crippen molar-refractivity contribution >= 4 is 0 Å². The van der Waals surface area contributed by atoms with E-state index in [0.717, 1.165) is 13.0 Å². The predicted molar refractivity (Wildman–Crippen MR) is 86.4 cm³/mol. The average Bonchev–Trinajstić information content (AvgIpc) is 2.96. The highest BCUT2D eigenvalue weighted by atomic mass is 16.3. The Morgan fingerprint density at radius 3 is 2.90 bits per heavy atom. The Hall–Kier alpha value is -1.06. The van der Waals surface area contributed by atoms with Gasteiger partial charge in [0.2, 0.25) is 0 Å². The van der Waals surface area contributed by atoms with Crippen LogP contribution in [-0.4, -0.2) is 30.6 Å². The van der Waals surface area contributed by atoms with Crippen molar-refractivity contribution in [2.24, 2.45) is 0 Å². The van der Waals surface area contributed by atoms with Crippen molar-refractivity contribution in [3.63, 3.8) is 0 Å². The van der Waals surface area contributed by atoms with Gasteiger partial charge in [0.1, 0.15) is 5.76 Å². The van der Waals surface area contributed by atoms with Crippen LogP contribution < -0.4 is 5.32 Å². The summed E-state index contributed by atoms with van der Waals surface area (Å²) in [4.78, 5) is 2.56. The Bertz CT molecular complexity index is 479. The van der Waals surface area contributed by atoms with Gasteiger partial charge in [-0.05, 0) is 58.7 Å². The van der Waals surface area contributed by atoms with Gasteiger partial charge in [0, 0.05) is 30.6 Å². The van der Waals surface area contributed by atoms with Gasteiger partial charge in [-0.15, -0.1) is 0 Å². The Balaban J connectivity index is 1.49. The second kappa shape index (κ2) is 6.80. The van der Waals surface area contributed by atoms with Crippen molar-refractivity contribution in [1.82, 2.24) is 10.2 Å². The van der Waals surface area contributed by atoms with Crippen LogP contribution in [0.2, 0.25) is 0 Å². The van der Waals surface area contributed by atoms with Crippen LogP contribution in [0.4, 0.5) is 0 Å². The molecule has 3 nitrogen and oxygen atoms in total. The Labute approximate surface area is 128 Å². The fraction of sp³-hybridized carbons (Fsp3) is 0.667. The number of nitrogens with one attached hydrogen (secondary N) is 1. The highest BCUT2D eigenvalue weighted by Gasteiger charge is 2.26. The van der Waals surface area contributed by atoms with Gasteiger partial charge in [-0.3, -0.25) is 4.90 Å². The van der Waals surface area contributed by atoms with E-state index in [4.69, 9.17) is 4.42 Å². The number of piperidine rings is 1. The Morgan fingerprint density at radius 2 is 2.14 bits per heavy atom. The van der Waals surface area contributed by atoms with Crippen LogP contribution in [-0.2, 0) is 6.42 Å². The number of allylic oxidation sites excluding steroid dienone is 1. The van der Waals surface area contributed by atoms with Crippen LogP contribution >= 0.6 is 0 Å². The molecule has 1 saturated heterocycles. The van der Waals surface area contributed by atoms with Gasteiger partial charge in [0.15, 0.2) is 0 Å². The van der Waals surface area contributed by atoms with E-state index in [9.17, 15) is 0 Å². The molecule has 0 radical (unpaired) electrons. The second-order valence-electron chi connectivity index (χ2n) is 6.77. The number of furan rings is 1. The zero-order valence-corrected chi connectivity index (χ0v) is 13.4. The molecule has 0 spiro atoms. The lowest BCUT2D eigenvalue weighted by Crippen LogP contribution is -2.44. The average molecular weight is 288 g/mol. The Kier molecular flexibility index (Phi) is 4.81. The monoisotopic (exact) mass is 288 g/mol. The maximum absolute atomic E-state index is 5.59. The first-order chi connectivity index (χ1) is 10.2. The number of rotatable bonds is 4. The van der Waals surface area contributed by atoms with Crippen molar-refractivity contribution in [2.45, 2.75) is 58.0 Å². The van der Waals surface area contributed by atoms with E-state index in [2.05, 4.69) is 36.2 Å².